The van der Waals surface area contributed by atoms with Crippen LogP contribution < -0.4 is 5.32 Å². The number of benzene rings is 2. The van der Waals surface area contributed by atoms with Gasteiger partial charge in [0.25, 0.3) is 17.3 Å². The van der Waals surface area contributed by atoms with Gasteiger partial charge in [0.2, 0.25) is 0 Å². The second-order valence-electron chi connectivity index (χ2n) is 4.36. The summed E-state index contributed by atoms with van der Waals surface area (Å²) in [6.45, 7) is 0. The molecule has 0 spiro atoms. The van der Waals surface area contributed by atoms with Gasteiger partial charge in [0.1, 0.15) is 6.07 Å². The molecule has 1 N–H and O–H groups in total. The quantitative estimate of drug-likeness (QED) is 0.679. The summed E-state index contributed by atoms with van der Waals surface area (Å²) in [6.07, 6.45) is 0. The summed E-state index contributed by atoms with van der Waals surface area (Å²) in [7, 11) is 0. The van der Waals surface area contributed by atoms with Gasteiger partial charge in [-0.2, -0.15) is 5.26 Å². The summed E-state index contributed by atoms with van der Waals surface area (Å²) in [5.74, 6) is -0.668. The zero-order valence-corrected chi connectivity index (χ0v) is 11.4. The second-order valence-corrected chi connectivity index (χ2v) is 4.36. The summed E-state index contributed by atoms with van der Waals surface area (Å²) >= 11 is 0. The highest BCUT2D eigenvalue weighted by atomic mass is 16.6. The molecule has 0 unspecified atom stereocenters. The van der Waals surface area contributed by atoms with E-state index >= 15 is 0 Å². The molecule has 9 nitrogen and oxygen atoms in total. The van der Waals surface area contributed by atoms with E-state index in [4.69, 9.17) is 5.26 Å². The molecule has 2 aromatic carbocycles. The Hall–Kier alpha value is -3.80. The number of nitrogens with zero attached hydrogens (tertiary/aromatic N) is 3. The van der Waals surface area contributed by atoms with E-state index in [-0.39, 0.29) is 28.2 Å². The summed E-state index contributed by atoms with van der Waals surface area (Å²) in [5, 5.41) is 32.8. The van der Waals surface area contributed by atoms with Gasteiger partial charge in [-0.15, -0.1) is 0 Å². The van der Waals surface area contributed by atoms with Crippen LogP contribution in [0.2, 0.25) is 0 Å². The molecule has 9 heteroatoms. The predicted molar refractivity (Wildman–Crippen MR) is 78.9 cm³/mol. The minimum absolute atomic E-state index is 0.0291. The monoisotopic (exact) mass is 312 g/mol. The lowest BCUT2D eigenvalue weighted by atomic mass is 10.1. The molecule has 0 bridgehead atoms. The van der Waals surface area contributed by atoms with E-state index in [1.807, 2.05) is 0 Å². The zero-order chi connectivity index (χ0) is 17.0. The molecular weight excluding hydrogens is 304 g/mol. The van der Waals surface area contributed by atoms with E-state index in [2.05, 4.69) is 5.32 Å². The number of non-ortho nitro benzene ring substituents is 2. The van der Waals surface area contributed by atoms with E-state index in [9.17, 15) is 25.0 Å². The molecule has 0 atom stereocenters. The lowest BCUT2D eigenvalue weighted by Crippen LogP contribution is -2.13. The number of nitrogens with one attached hydrogen (secondary N) is 1. The van der Waals surface area contributed by atoms with Crippen molar-refractivity contribution in [2.75, 3.05) is 5.32 Å². The summed E-state index contributed by atoms with van der Waals surface area (Å²) < 4.78 is 0. The molecule has 0 fully saturated rings. The average Bonchev–Trinajstić information content (AvgIpc) is 2.55. The lowest BCUT2D eigenvalue weighted by molar-refractivity contribution is -0.385. The maximum Gasteiger partial charge on any atom is 0.270 e. The molecule has 0 aromatic heterocycles. The SMILES string of the molecule is N#Cc1cc([N+](=O)[O-])ccc1NC(=O)c1cccc([N+](=O)[O-])c1. The van der Waals surface area contributed by atoms with Crippen molar-refractivity contribution in [2.45, 2.75) is 0 Å². The van der Waals surface area contributed by atoms with Crippen molar-refractivity contribution in [3.8, 4) is 6.07 Å². The van der Waals surface area contributed by atoms with Crippen LogP contribution in [0.25, 0.3) is 0 Å². The number of hydrogen-bond donors (Lipinski definition) is 1. The van der Waals surface area contributed by atoms with Crippen LogP contribution in [0.15, 0.2) is 42.5 Å². The summed E-state index contributed by atoms with van der Waals surface area (Å²) in [6, 6.07) is 10.2. The second kappa shape index (κ2) is 6.31. The molecule has 0 saturated heterocycles. The van der Waals surface area contributed by atoms with Gasteiger partial charge in [0.05, 0.1) is 21.1 Å². The highest BCUT2D eigenvalue weighted by molar-refractivity contribution is 6.05. The van der Waals surface area contributed by atoms with Gasteiger partial charge in [-0.3, -0.25) is 25.0 Å². The van der Waals surface area contributed by atoms with Crippen molar-refractivity contribution in [1.82, 2.24) is 0 Å². The minimum Gasteiger partial charge on any atom is -0.321 e. The Morgan fingerprint density at radius 2 is 1.70 bits per heavy atom. The fourth-order valence-electron chi connectivity index (χ4n) is 1.80. The van der Waals surface area contributed by atoms with Crippen molar-refractivity contribution in [1.29, 1.82) is 5.26 Å². The van der Waals surface area contributed by atoms with E-state index in [0.29, 0.717) is 0 Å². The standard InChI is InChI=1S/C14H8N4O5/c15-8-10-7-12(18(22)23)4-5-13(10)16-14(19)9-2-1-3-11(6-9)17(20)21/h1-7H,(H,16,19). The Bertz CT molecular complexity index is 856. The van der Waals surface area contributed by atoms with Gasteiger partial charge < -0.3 is 5.32 Å². The van der Waals surface area contributed by atoms with E-state index in [1.54, 1.807) is 6.07 Å². The van der Waals surface area contributed by atoms with Crippen LogP contribution in [0.4, 0.5) is 17.1 Å². The molecule has 2 rings (SSSR count). The molecule has 0 aliphatic rings. The number of carbonyl (C=O) groups is 1. The van der Waals surface area contributed by atoms with Crippen molar-refractivity contribution in [3.05, 3.63) is 73.8 Å². The van der Waals surface area contributed by atoms with Gasteiger partial charge in [0.15, 0.2) is 0 Å². The number of hydrogen-bond acceptors (Lipinski definition) is 6. The van der Waals surface area contributed by atoms with Crippen molar-refractivity contribution in [3.63, 3.8) is 0 Å². The first-order chi connectivity index (χ1) is 10.9. The fourth-order valence-corrected chi connectivity index (χ4v) is 1.80. The third-order valence-electron chi connectivity index (χ3n) is 2.90. The lowest BCUT2D eigenvalue weighted by Gasteiger charge is -2.07. The normalized spacial score (nSPS) is 9.70. The van der Waals surface area contributed by atoms with Crippen molar-refractivity contribution in [2.24, 2.45) is 0 Å². The van der Waals surface area contributed by atoms with Crippen LogP contribution in [0.1, 0.15) is 15.9 Å². The van der Waals surface area contributed by atoms with Crippen LogP contribution in [-0.2, 0) is 0 Å². The Morgan fingerprint density at radius 3 is 2.30 bits per heavy atom. The maximum atomic E-state index is 12.1. The number of amides is 1. The molecule has 1 amide bonds. The molecule has 0 radical (unpaired) electrons. The maximum absolute atomic E-state index is 12.1. The van der Waals surface area contributed by atoms with Crippen LogP contribution in [0.5, 0.6) is 0 Å². The van der Waals surface area contributed by atoms with Gasteiger partial charge in [0, 0.05) is 29.8 Å². The number of carbonyl (C=O) groups excluding carboxylic acids is 1. The third kappa shape index (κ3) is 3.45. The Labute approximate surface area is 129 Å². The topological polar surface area (TPSA) is 139 Å². The zero-order valence-electron chi connectivity index (χ0n) is 11.4. The number of anilines is 1. The van der Waals surface area contributed by atoms with E-state index < -0.39 is 15.8 Å². The van der Waals surface area contributed by atoms with E-state index in [1.165, 1.54) is 24.3 Å². The molecule has 0 aliphatic heterocycles. The molecular formula is C14H8N4O5. The number of rotatable bonds is 4. The average molecular weight is 312 g/mol. The first kappa shape index (κ1) is 15.6. The highest BCUT2D eigenvalue weighted by Gasteiger charge is 2.15. The smallest absolute Gasteiger partial charge is 0.270 e. The minimum atomic E-state index is -0.668. The Morgan fingerprint density at radius 1 is 1.04 bits per heavy atom. The van der Waals surface area contributed by atoms with Crippen molar-refractivity contribution >= 4 is 23.0 Å². The van der Waals surface area contributed by atoms with Crippen LogP contribution >= 0.6 is 0 Å². The number of nitriles is 1. The number of nitro groups is 2. The van der Waals surface area contributed by atoms with Crippen LogP contribution in [-0.4, -0.2) is 15.8 Å². The van der Waals surface area contributed by atoms with Crippen LogP contribution in [0, 0.1) is 31.6 Å². The first-order valence-electron chi connectivity index (χ1n) is 6.16. The van der Waals surface area contributed by atoms with Crippen molar-refractivity contribution < 1.29 is 14.6 Å². The fraction of sp³-hybridized carbons (Fsp3) is 0. The van der Waals surface area contributed by atoms with Gasteiger partial charge in [-0.25, -0.2) is 0 Å². The van der Waals surface area contributed by atoms with Gasteiger partial charge >= 0.3 is 0 Å². The van der Waals surface area contributed by atoms with Crippen LogP contribution in [0.3, 0.4) is 0 Å². The summed E-state index contributed by atoms with van der Waals surface area (Å²) in [4.78, 5) is 32.2. The largest absolute Gasteiger partial charge is 0.321 e. The summed E-state index contributed by atoms with van der Waals surface area (Å²) in [5.41, 5.74) is -0.509. The Kier molecular flexibility index (Phi) is 4.28. The van der Waals surface area contributed by atoms with Gasteiger partial charge in [-0.05, 0) is 12.1 Å². The predicted octanol–water partition coefficient (Wildman–Crippen LogP) is 2.63. The molecule has 23 heavy (non-hydrogen) atoms. The third-order valence-corrected chi connectivity index (χ3v) is 2.90. The number of nitro benzene ring substituents is 2. The first-order valence-corrected chi connectivity index (χ1v) is 6.16. The van der Waals surface area contributed by atoms with E-state index in [0.717, 1.165) is 18.2 Å². The molecule has 0 aliphatic carbocycles. The Balaban J connectivity index is 2.30. The van der Waals surface area contributed by atoms with Gasteiger partial charge in [-0.1, -0.05) is 6.07 Å². The molecule has 2 aromatic rings. The molecule has 0 saturated carbocycles. The highest BCUT2D eigenvalue weighted by Crippen LogP contribution is 2.22. The molecule has 0 heterocycles. The molecule has 114 valence electrons.